The van der Waals surface area contributed by atoms with Crippen molar-refractivity contribution < 1.29 is 8.42 Å². The van der Waals surface area contributed by atoms with Gasteiger partial charge in [0.25, 0.3) is 0 Å². The molecule has 1 unspecified atom stereocenters. The van der Waals surface area contributed by atoms with Crippen LogP contribution in [-0.4, -0.2) is 37.3 Å². The molecule has 0 spiro atoms. The summed E-state index contributed by atoms with van der Waals surface area (Å²) in [5.41, 5.74) is 6.17. The summed E-state index contributed by atoms with van der Waals surface area (Å²) in [5.74, 6) is 0.257. The minimum Gasteiger partial charge on any atom is -0.330 e. The molecule has 6 heteroatoms. The monoisotopic (exact) mass is 291 g/mol. The molecule has 1 aliphatic rings. The molecular weight excluding hydrogens is 274 g/mol. The molecule has 0 amide bonds. The van der Waals surface area contributed by atoms with Gasteiger partial charge >= 0.3 is 0 Å². The molecule has 1 atom stereocenters. The van der Waals surface area contributed by atoms with Gasteiger partial charge in [-0.15, -0.1) is 0 Å². The van der Waals surface area contributed by atoms with Gasteiger partial charge in [-0.2, -0.15) is 4.31 Å². The number of benzene rings is 1. The van der Waals surface area contributed by atoms with E-state index in [1.807, 2.05) is 12.1 Å². The summed E-state index contributed by atoms with van der Waals surface area (Å²) in [4.78, 5) is 4.51. The third-order valence-electron chi connectivity index (χ3n) is 3.80. The molecule has 1 fully saturated rings. The fourth-order valence-electron chi connectivity index (χ4n) is 2.63. The van der Waals surface area contributed by atoms with Crippen molar-refractivity contribution in [2.45, 2.75) is 11.3 Å². The number of pyridine rings is 1. The van der Waals surface area contributed by atoms with Crippen LogP contribution in [-0.2, 0) is 10.0 Å². The summed E-state index contributed by atoms with van der Waals surface area (Å²) in [7, 11) is -3.49. The number of rotatable bonds is 3. The molecule has 0 saturated carbocycles. The molecule has 1 aliphatic heterocycles. The van der Waals surface area contributed by atoms with Gasteiger partial charge in [0, 0.05) is 24.7 Å². The van der Waals surface area contributed by atoms with E-state index in [1.165, 1.54) is 4.31 Å². The summed E-state index contributed by atoms with van der Waals surface area (Å²) in [6, 6.07) is 8.93. The van der Waals surface area contributed by atoms with Gasteiger partial charge in [-0.3, -0.25) is 4.98 Å². The Morgan fingerprint density at radius 1 is 1.30 bits per heavy atom. The zero-order valence-electron chi connectivity index (χ0n) is 11.1. The maximum atomic E-state index is 12.8. The predicted octanol–water partition coefficient (Wildman–Crippen LogP) is 1.20. The van der Waals surface area contributed by atoms with Gasteiger partial charge in [0.1, 0.15) is 4.90 Å². The van der Waals surface area contributed by atoms with E-state index in [1.54, 1.807) is 24.4 Å². The summed E-state index contributed by atoms with van der Waals surface area (Å²) in [6.07, 6.45) is 2.45. The fraction of sp³-hybridized carbons (Fsp3) is 0.357. The van der Waals surface area contributed by atoms with Crippen LogP contribution >= 0.6 is 0 Å². The number of para-hydroxylation sites is 1. The lowest BCUT2D eigenvalue weighted by atomic mass is 10.1. The molecule has 1 saturated heterocycles. The van der Waals surface area contributed by atoms with Crippen LogP contribution in [0.15, 0.2) is 41.4 Å². The van der Waals surface area contributed by atoms with Gasteiger partial charge < -0.3 is 5.73 Å². The molecule has 2 aromatic rings. The number of sulfonamides is 1. The predicted molar refractivity (Wildman–Crippen MR) is 77.7 cm³/mol. The smallest absolute Gasteiger partial charge is 0.245 e. The van der Waals surface area contributed by atoms with Gasteiger partial charge in [-0.05, 0) is 31.0 Å². The molecule has 106 valence electrons. The zero-order valence-corrected chi connectivity index (χ0v) is 11.9. The SMILES string of the molecule is NCC1CCN(S(=O)(=O)c2cccc3cccnc23)C1. The Kier molecular flexibility index (Phi) is 3.45. The van der Waals surface area contributed by atoms with E-state index in [0.29, 0.717) is 25.2 Å². The number of nitrogens with zero attached hydrogens (tertiary/aromatic N) is 2. The molecule has 5 nitrogen and oxygen atoms in total. The molecule has 0 radical (unpaired) electrons. The minimum absolute atomic E-state index is 0.257. The maximum Gasteiger partial charge on any atom is 0.245 e. The normalized spacial score (nSPS) is 20.6. The van der Waals surface area contributed by atoms with Crippen molar-refractivity contribution in [2.24, 2.45) is 11.7 Å². The van der Waals surface area contributed by atoms with Gasteiger partial charge in [0.15, 0.2) is 0 Å². The highest BCUT2D eigenvalue weighted by Gasteiger charge is 2.33. The first kappa shape index (κ1) is 13.5. The Hall–Kier alpha value is -1.50. The average Bonchev–Trinajstić information content (AvgIpc) is 2.96. The quantitative estimate of drug-likeness (QED) is 0.922. The third kappa shape index (κ3) is 2.19. The van der Waals surface area contributed by atoms with Gasteiger partial charge in [-0.25, -0.2) is 8.42 Å². The lowest BCUT2D eigenvalue weighted by molar-refractivity contribution is 0.459. The fourth-order valence-corrected chi connectivity index (χ4v) is 4.33. The Balaban J connectivity index is 2.06. The minimum atomic E-state index is -3.49. The third-order valence-corrected chi connectivity index (χ3v) is 5.69. The van der Waals surface area contributed by atoms with Crippen molar-refractivity contribution >= 4 is 20.9 Å². The van der Waals surface area contributed by atoms with Gasteiger partial charge in [-0.1, -0.05) is 18.2 Å². The largest absolute Gasteiger partial charge is 0.330 e. The summed E-state index contributed by atoms with van der Waals surface area (Å²) >= 11 is 0. The molecular formula is C14H17N3O2S. The van der Waals surface area contributed by atoms with Gasteiger partial charge in [0.2, 0.25) is 10.0 Å². The van der Waals surface area contributed by atoms with E-state index >= 15 is 0 Å². The highest BCUT2D eigenvalue weighted by Crippen LogP contribution is 2.27. The lowest BCUT2D eigenvalue weighted by Gasteiger charge is -2.17. The van der Waals surface area contributed by atoms with E-state index in [2.05, 4.69) is 4.98 Å². The second-order valence-corrected chi connectivity index (χ2v) is 6.99. The lowest BCUT2D eigenvalue weighted by Crippen LogP contribution is -2.30. The number of hydrogen-bond donors (Lipinski definition) is 1. The molecule has 0 aliphatic carbocycles. The van der Waals surface area contributed by atoms with Crippen LogP contribution in [0, 0.1) is 5.92 Å². The number of nitrogens with two attached hydrogens (primary N) is 1. The molecule has 2 heterocycles. The van der Waals surface area contributed by atoms with E-state index in [9.17, 15) is 8.42 Å². The second-order valence-electron chi connectivity index (χ2n) is 5.08. The summed E-state index contributed by atoms with van der Waals surface area (Å²) < 4.78 is 27.0. The van der Waals surface area contributed by atoms with Crippen molar-refractivity contribution in [1.82, 2.24) is 9.29 Å². The first-order valence-electron chi connectivity index (χ1n) is 6.67. The first-order valence-corrected chi connectivity index (χ1v) is 8.11. The van der Waals surface area contributed by atoms with Crippen molar-refractivity contribution in [3.63, 3.8) is 0 Å². The van der Waals surface area contributed by atoms with Gasteiger partial charge in [0.05, 0.1) is 5.52 Å². The Bertz CT molecular complexity index is 725. The van der Waals surface area contributed by atoms with Crippen LogP contribution in [0.4, 0.5) is 0 Å². The molecule has 3 rings (SSSR count). The zero-order chi connectivity index (χ0) is 14.2. The van der Waals surface area contributed by atoms with Crippen molar-refractivity contribution in [3.8, 4) is 0 Å². The van der Waals surface area contributed by atoms with Crippen LogP contribution in [0.1, 0.15) is 6.42 Å². The number of aromatic nitrogens is 1. The van der Waals surface area contributed by atoms with Crippen molar-refractivity contribution in [1.29, 1.82) is 0 Å². The number of hydrogen-bond acceptors (Lipinski definition) is 4. The molecule has 1 aromatic heterocycles. The molecule has 1 aromatic carbocycles. The molecule has 0 bridgehead atoms. The van der Waals surface area contributed by atoms with Crippen LogP contribution in [0.3, 0.4) is 0 Å². The maximum absolute atomic E-state index is 12.8. The number of fused-ring (bicyclic) bond motifs is 1. The Morgan fingerprint density at radius 2 is 2.10 bits per heavy atom. The Morgan fingerprint density at radius 3 is 2.85 bits per heavy atom. The van der Waals surface area contributed by atoms with E-state index < -0.39 is 10.0 Å². The summed E-state index contributed by atoms with van der Waals surface area (Å²) in [5, 5.41) is 0.836. The average molecular weight is 291 g/mol. The van der Waals surface area contributed by atoms with Crippen molar-refractivity contribution in [2.75, 3.05) is 19.6 Å². The standard InChI is InChI=1S/C14H17N3O2S/c15-9-11-6-8-17(10-11)20(18,19)13-5-1-3-12-4-2-7-16-14(12)13/h1-5,7,11H,6,8-10,15H2. The Labute approximate surface area is 118 Å². The van der Waals surface area contributed by atoms with E-state index in [0.717, 1.165) is 11.8 Å². The highest BCUT2D eigenvalue weighted by molar-refractivity contribution is 7.89. The van der Waals surface area contributed by atoms with E-state index in [4.69, 9.17) is 5.73 Å². The van der Waals surface area contributed by atoms with Crippen LogP contribution in [0.2, 0.25) is 0 Å². The van der Waals surface area contributed by atoms with Crippen LogP contribution in [0.5, 0.6) is 0 Å². The van der Waals surface area contributed by atoms with Crippen LogP contribution in [0.25, 0.3) is 10.9 Å². The van der Waals surface area contributed by atoms with Crippen LogP contribution < -0.4 is 5.73 Å². The highest BCUT2D eigenvalue weighted by atomic mass is 32.2. The molecule has 20 heavy (non-hydrogen) atoms. The first-order chi connectivity index (χ1) is 9.63. The second kappa shape index (κ2) is 5.12. The van der Waals surface area contributed by atoms with Crippen molar-refractivity contribution in [3.05, 3.63) is 36.5 Å². The summed E-state index contributed by atoms with van der Waals surface area (Å²) in [6.45, 7) is 1.56. The molecule has 2 N–H and O–H groups in total. The topological polar surface area (TPSA) is 76.3 Å². The van der Waals surface area contributed by atoms with E-state index in [-0.39, 0.29) is 10.8 Å².